The van der Waals surface area contributed by atoms with Crippen LogP contribution in [0.15, 0.2) is 29.3 Å². The number of rotatable bonds is 4. The Bertz CT molecular complexity index is 873. The van der Waals surface area contributed by atoms with Crippen LogP contribution < -0.4 is 5.32 Å². The maximum absolute atomic E-state index is 13.7. The van der Waals surface area contributed by atoms with Crippen molar-refractivity contribution in [1.29, 1.82) is 0 Å². The summed E-state index contributed by atoms with van der Waals surface area (Å²) < 4.78 is 40.6. The molecule has 1 saturated heterocycles. The minimum atomic E-state index is -3.82. The highest BCUT2D eigenvalue weighted by molar-refractivity contribution is 7.89. The first-order valence-corrected chi connectivity index (χ1v) is 9.32. The zero-order valence-electron chi connectivity index (χ0n) is 12.3. The maximum Gasteiger partial charge on any atom is 0.245 e. The fourth-order valence-corrected chi connectivity index (χ4v) is 4.39. The van der Waals surface area contributed by atoms with Crippen LogP contribution in [0.1, 0.15) is 12.8 Å². The van der Waals surface area contributed by atoms with Crippen molar-refractivity contribution in [3.05, 3.63) is 40.5 Å². The summed E-state index contributed by atoms with van der Waals surface area (Å²) in [4.78, 5) is 7.47. The lowest BCUT2D eigenvalue weighted by molar-refractivity contribution is 0.477. The van der Waals surface area contributed by atoms with E-state index in [-0.39, 0.29) is 26.7 Å². The zero-order valence-corrected chi connectivity index (χ0v) is 14.7. The van der Waals surface area contributed by atoms with Gasteiger partial charge in [0.25, 0.3) is 0 Å². The molecule has 3 rings (SSSR count). The molecule has 0 saturated carbocycles. The molecule has 1 aromatic heterocycles. The van der Waals surface area contributed by atoms with Crippen molar-refractivity contribution < 1.29 is 12.8 Å². The first-order chi connectivity index (χ1) is 11.4. The molecule has 0 bridgehead atoms. The second kappa shape index (κ2) is 6.79. The number of hydrogen-bond acceptors (Lipinski definition) is 5. The minimum absolute atomic E-state index is 0.0482. The highest BCUT2D eigenvalue weighted by Gasteiger charge is 2.30. The first kappa shape index (κ1) is 17.3. The molecule has 0 aliphatic carbocycles. The summed E-state index contributed by atoms with van der Waals surface area (Å²) in [6.45, 7) is 0.830. The fraction of sp³-hybridized carbons (Fsp3) is 0.286. The Morgan fingerprint density at radius 2 is 1.92 bits per heavy atom. The summed E-state index contributed by atoms with van der Waals surface area (Å²) in [7, 11) is -3.82. The van der Waals surface area contributed by atoms with Crippen LogP contribution >= 0.6 is 23.2 Å². The number of benzene rings is 1. The third-order valence-corrected chi connectivity index (χ3v) is 5.99. The van der Waals surface area contributed by atoms with Gasteiger partial charge in [0, 0.05) is 13.1 Å². The van der Waals surface area contributed by atoms with Crippen LogP contribution in [0, 0.1) is 5.82 Å². The van der Waals surface area contributed by atoms with Crippen LogP contribution in [0.4, 0.5) is 15.9 Å². The van der Waals surface area contributed by atoms with Crippen LogP contribution in [0.3, 0.4) is 0 Å². The average Bonchev–Trinajstić information content (AvgIpc) is 3.07. The number of aromatic nitrogens is 2. The second-order valence-corrected chi connectivity index (χ2v) is 7.86. The van der Waals surface area contributed by atoms with Gasteiger partial charge >= 0.3 is 0 Å². The van der Waals surface area contributed by atoms with Gasteiger partial charge in [0.05, 0.1) is 11.9 Å². The normalized spacial score (nSPS) is 15.6. The molecule has 1 N–H and O–H groups in total. The number of hydrogen-bond donors (Lipinski definition) is 1. The van der Waals surface area contributed by atoms with Gasteiger partial charge in [0.1, 0.15) is 15.7 Å². The van der Waals surface area contributed by atoms with Gasteiger partial charge < -0.3 is 5.32 Å². The van der Waals surface area contributed by atoms with E-state index in [2.05, 4.69) is 15.3 Å². The standard InChI is InChI=1S/C14H13Cl2FN4O2S/c15-10-8-18-14(16)20-13(10)19-11-4-3-9(17)7-12(11)24(22,23)21-5-1-2-6-21/h3-4,7-8H,1-2,5-6H2,(H,18,19,20). The maximum atomic E-state index is 13.7. The minimum Gasteiger partial charge on any atom is -0.338 e. The van der Waals surface area contributed by atoms with Crippen LogP contribution in [-0.2, 0) is 10.0 Å². The van der Waals surface area contributed by atoms with Gasteiger partial charge in [0.15, 0.2) is 5.82 Å². The molecule has 10 heteroatoms. The van der Waals surface area contributed by atoms with Crippen molar-refractivity contribution in [1.82, 2.24) is 14.3 Å². The Hall–Kier alpha value is -1.48. The fourth-order valence-electron chi connectivity index (χ4n) is 2.44. The Labute approximate surface area is 148 Å². The van der Waals surface area contributed by atoms with E-state index in [0.29, 0.717) is 13.1 Å². The molecule has 1 aromatic carbocycles. The molecule has 24 heavy (non-hydrogen) atoms. The first-order valence-electron chi connectivity index (χ1n) is 7.13. The number of nitrogens with one attached hydrogen (secondary N) is 1. The van der Waals surface area contributed by atoms with Gasteiger partial charge in [-0.15, -0.1) is 0 Å². The van der Waals surface area contributed by atoms with Crippen molar-refractivity contribution in [3.63, 3.8) is 0 Å². The van der Waals surface area contributed by atoms with E-state index in [0.717, 1.165) is 25.0 Å². The molecule has 0 unspecified atom stereocenters. The smallest absolute Gasteiger partial charge is 0.245 e. The molecule has 0 spiro atoms. The molecule has 0 atom stereocenters. The van der Waals surface area contributed by atoms with Crippen molar-refractivity contribution in [3.8, 4) is 0 Å². The monoisotopic (exact) mass is 390 g/mol. The van der Waals surface area contributed by atoms with E-state index in [1.807, 2.05) is 0 Å². The Morgan fingerprint density at radius 3 is 2.62 bits per heavy atom. The zero-order chi connectivity index (χ0) is 17.3. The Kier molecular flexibility index (Phi) is 4.91. The molecule has 128 valence electrons. The van der Waals surface area contributed by atoms with Gasteiger partial charge in [-0.3, -0.25) is 0 Å². The number of nitrogens with zero attached hydrogens (tertiary/aromatic N) is 3. The Morgan fingerprint density at radius 1 is 1.21 bits per heavy atom. The van der Waals surface area contributed by atoms with Gasteiger partial charge in [-0.25, -0.2) is 17.8 Å². The summed E-state index contributed by atoms with van der Waals surface area (Å²) in [6, 6.07) is 3.46. The quantitative estimate of drug-likeness (QED) is 0.809. The van der Waals surface area contributed by atoms with Crippen molar-refractivity contribution in [2.45, 2.75) is 17.7 Å². The van der Waals surface area contributed by atoms with Crippen molar-refractivity contribution in [2.75, 3.05) is 18.4 Å². The summed E-state index contributed by atoms with van der Waals surface area (Å²) in [6.07, 6.45) is 2.85. The third-order valence-electron chi connectivity index (χ3n) is 3.59. The highest BCUT2D eigenvalue weighted by Crippen LogP contribution is 2.31. The molecular formula is C14H13Cl2FN4O2S. The lowest BCUT2D eigenvalue weighted by atomic mass is 10.3. The lowest BCUT2D eigenvalue weighted by Gasteiger charge is -2.19. The van der Waals surface area contributed by atoms with Gasteiger partial charge in [-0.1, -0.05) is 11.6 Å². The molecule has 0 amide bonds. The summed E-state index contributed by atoms with van der Waals surface area (Å²) in [5.41, 5.74) is 0.167. The molecule has 2 aromatic rings. The van der Waals surface area contributed by atoms with E-state index < -0.39 is 15.8 Å². The number of sulfonamides is 1. The third kappa shape index (κ3) is 3.46. The van der Waals surface area contributed by atoms with E-state index in [9.17, 15) is 12.8 Å². The average molecular weight is 391 g/mol. The molecular weight excluding hydrogens is 378 g/mol. The van der Waals surface area contributed by atoms with Crippen molar-refractivity contribution >= 4 is 44.7 Å². The van der Waals surface area contributed by atoms with E-state index in [1.54, 1.807) is 0 Å². The van der Waals surface area contributed by atoms with Crippen LogP contribution in [-0.4, -0.2) is 35.8 Å². The lowest BCUT2D eigenvalue weighted by Crippen LogP contribution is -2.28. The van der Waals surface area contributed by atoms with Gasteiger partial charge in [-0.05, 0) is 42.6 Å². The summed E-state index contributed by atoms with van der Waals surface area (Å²) >= 11 is 11.7. The topological polar surface area (TPSA) is 75.2 Å². The van der Waals surface area contributed by atoms with Crippen molar-refractivity contribution in [2.24, 2.45) is 0 Å². The molecule has 6 nitrogen and oxygen atoms in total. The highest BCUT2D eigenvalue weighted by atomic mass is 35.5. The van der Waals surface area contributed by atoms with E-state index in [4.69, 9.17) is 23.2 Å². The second-order valence-electron chi connectivity index (χ2n) is 5.21. The molecule has 1 aliphatic rings. The Balaban J connectivity index is 2.04. The van der Waals surface area contributed by atoms with Crippen LogP contribution in [0.2, 0.25) is 10.3 Å². The van der Waals surface area contributed by atoms with E-state index >= 15 is 0 Å². The molecule has 1 fully saturated rings. The summed E-state index contributed by atoms with van der Waals surface area (Å²) in [5.74, 6) is -0.508. The summed E-state index contributed by atoms with van der Waals surface area (Å²) in [5, 5.41) is 2.91. The molecule has 1 aliphatic heterocycles. The number of halogens is 3. The number of anilines is 2. The largest absolute Gasteiger partial charge is 0.338 e. The van der Waals surface area contributed by atoms with Crippen LogP contribution in [0.25, 0.3) is 0 Å². The van der Waals surface area contributed by atoms with Gasteiger partial charge in [-0.2, -0.15) is 9.29 Å². The predicted octanol–water partition coefficient (Wildman–Crippen LogP) is 3.45. The van der Waals surface area contributed by atoms with Crippen LogP contribution in [0.5, 0.6) is 0 Å². The molecule has 0 radical (unpaired) electrons. The molecule has 2 heterocycles. The predicted molar refractivity (Wildman–Crippen MR) is 89.7 cm³/mol. The SMILES string of the molecule is O=S(=O)(c1cc(F)ccc1Nc1nc(Cl)ncc1Cl)N1CCCC1. The van der Waals surface area contributed by atoms with E-state index in [1.165, 1.54) is 16.6 Å². The van der Waals surface area contributed by atoms with Gasteiger partial charge in [0.2, 0.25) is 15.3 Å².